The SMILES string of the molecule is CC(O)COC(C)COC(C)CO.COCC(=O)O. The van der Waals surface area contributed by atoms with Gasteiger partial charge in [-0.15, -0.1) is 0 Å². The molecule has 7 nitrogen and oxygen atoms in total. The molecule has 0 amide bonds. The first kappa shape index (κ1) is 20.6. The van der Waals surface area contributed by atoms with Crippen molar-refractivity contribution in [2.24, 2.45) is 0 Å². The molecule has 0 aliphatic rings. The Bertz CT molecular complexity index is 208. The summed E-state index contributed by atoms with van der Waals surface area (Å²) < 4.78 is 14.7. The van der Waals surface area contributed by atoms with Crippen LogP contribution in [0.4, 0.5) is 0 Å². The molecular formula is C12H26O7. The summed E-state index contributed by atoms with van der Waals surface area (Å²) >= 11 is 0. The van der Waals surface area contributed by atoms with Gasteiger partial charge >= 0.3 is 5.97 Å². The van der Waals surface area contributed by atoms with Gasteiger partial charge in [0.25, 0.3) is 0 Å². The molecule has 0 spiro atoms. The largest absolute Gasteiger partial charge is 0.480 e. The fourth-order valence-electron chi connectivity index (χ4n) is 0.828. The van der Waals surface area contributed by atoms with Crippen LogP contribution < -0.4 is 0 Å². The van der Waals surface area contributed by atoms with Gasteiger partial charge < -0.3 is 29.5 Å². The van der Waals surface area contributed by atoms with Gasteiger partial charge in [-0.2, -0.15) is 0 Å². The van der Waals surface area contributed by atoms with E-state index >= 15 is 0 Å². The number of aliphatic hydroxyl groups is 2. The zero-order valence-corrected chi connectivity index (χ0v) is 12.0. The van der Waals surface area contributed by atoms with Crippen LogP contribution in [0, 0.1) is 0 Å². The number of aliphatic hydroxyl groups excluding tert-OH is 2. The zero-order chi connectivity index (χ0) is 15.3. The summed E-state index contributed by atoms with van der Waals surface area (Å²) in [5.74, 6) is -0.933. The highest BCUT2D eigenvalue weighted by atomic mass is 16.5. The van der Waals surface area contributed by atoms with Crippen molar-refractivity contribution in [2.45, 2.75) is 39.1 Å². The molecule has 0 heterocycles. The molecule has 0 bridgehead atoms. The summed E-state index contributed by atoms with van der Waals surface area (Å²) in [6, 6.07) is 0. The van der Waals surface area contributed by atoms with Crippen LogP contribution in [-0.4, -0.2) is 73.1 Å². The number of aliphatic carboxylic acids is 1. The second kappa shape index (κ2) is 13.7. The van der Waals surface area contributed by atoms with Gasteiger partial charge in [-0.25, -0.2) is 4.79 Å². The number of hydrogen-bond acceptors (Lipinski definition) is 6. The summed E-state index contributed by atoms with van der Waals surface area (Å²) in [7, 11) is 1.34. The van der Waals surface area contributed by atoms with Crippen LogP contribution in [0.1, 0.15) is 20.8 Å². The lowest BCUT2D eigenvalue weighted by Crippen LogP contribution is -2.24. The lowest BCUT2D eigenvalue weighted by molar-refractivity contribution is -0.141. The molecule has 116 valence electrons. The molecule has 0 aliphatic heterocycles. The Morgan fingerprint density at radius 1 is 1.11 bits per heavy atom. The monoisotopic (exact) mass is 282 g/mol. The Morgan fingerprint density at radius 3 is 1.95 bits per heavy atom. The molecule has 19 heavy (non-hydrogen) atoms. The molecule has 0 aromatic carbocycles. The first-order valence-electron chi connectivity index (χ1n) is 6.06. The van der Waals surface area contributed by atoms with Gasteiger partial charge in [0.1, 0.15) is 6.61 Å². The lowest BCUT2D eigenvalue weighted by atomic mass is 10.4. The number of rotatable bonds is 9. The average Bonchev–Trinajstić information content (AvgIpc) is 2.33. The highest BCUT2D eigenvalue weighted by Crippen LogP contribution is 1.97. The molecule has 0 saturated carbocycles. The fourth-order valence-corrected chi connectivity index (χ4v) is 0.828. The van der Waals surface area contributed by atoms with E-state index in [9.17, 15) is 4.79 Å². The predicted molar refractivity (Wildman–Crippen MR) is 69.1 cm³/mol. The summed E-state index contributed by atoms with van der Waals surface area (Å²) in [4.78, 5) is 9.47. The van der Waals surface area contributed by atoms with E-state index in [2.05, 4.69) is 4.74 Å². The van der Waals surface area contributed by atoms with Crippen LogP contribution in [0.5, 0.6) is 0 Å². The molecule has 3 unspecified atom stereocenters. The standard InChI is InChI=1S/C9H20O4.C3H6O3/c1-7(11)5-12-9(3)6-13-8(2)4-10;1-6-2-3(4)5/h7-11H,4-6H2,1-3H3;2H2,1H3,(H,4,5). The molecule has 0 fully saturated rings. The van der Waals surface area contributed by atoms with Gasteiger partial charge in [-0.3, -0.25) is 0 Å². The molecule has 0 saturated heterocycles. The van der Waals surface area contributed by atoms with Crippen LogP contribution in [0.15, 0.2) is 0 Å². The second-order valence-corrected chi connectivity index (χ2v) is 4.15. The van der Waals surface area contributed by atoms with Crippen molar-refractivity contribution < 1.29 is 34.3 Å². The predicted octanol–water partition coefficient (Wildman–Crippen LogP) is -0.113. The van der Waals surface area contributed by atoms with E-state index in [1.807, 2.05) is 6.92 Å². The maximum atomic E-state index is 9.47. The first-order valence-corrected chi connectivity index (χ1v) is 6.06. The first-order chi connectivity index (χ1) is 8.83. The average molecular weight is 282 g/mol. The van der Waals surface area contributed by atoms with E-state index in [1.165, 1.54) is 7.11 Å². The van der Waals surface area contributed by atoms with Gasteiger partial charge in [-0.05, 0) is 20.8 Å². The summed E-state index contributed by atoms with van der Waals surface area (Å²) in [6.45, 7) is 5.90. The van der Waals surface area contributed by atoms with E-state index in [-0.39, 0.29) is 25.4 Å². The maximum absolute atomic E-state index is 9.47. The number of methoxy groups -OCH3 is 1. The summed E-state index contributed by atoms with van der Waals surface area (Å²) in [6.07, 6.45) is -0.654. The number of carboxylic acid groups (broad SMARTS) is 1. The van der Waals surface area contributed by atoms with Gasteiger partial charge in [0.05, 0.1) is 38.1 Å². The Balaban J connectivity index is 0. The Hall–Kier alpha value is -0.730. The van der Waals surface area contributed by atoms with Gasteiger partial charge in [0.2, 0.25) is 0 Å². The van der Waals surface area contributed by atoms with E-state index in [0.717, 1.165) is 0 Å². The molecule has 0 rings (SSSR count). The smallest absolute Gasteiger partial charge is 0.329 e. The van der Waals surface area contributed by atoms with Crippen LogP contribution in [0.3, 0.4) is 0 Å². The highest BCUT2D eigenvalue weighted by Gasteiger charge is 2.06. The molecule has 0 aliphatic carbocycles. The maximum Gasteiger partial charge on any atom is 0.329 e. The quantitative estimate of drug-likeness (QED) is 0.541. The van der Waals surface area contributed by atoms with Gasteiger partial charge in [0, 0.05) is 7.11 Å². The Morgan fingerprint density at radius 2 is 1.63 bits per heavy atom. The van der Waals surface area contributed by atoms with E-state index in [4.69, 9.17) is 24.8 Å². The van der Waals surface area contributed by atoms with Crippen molar-refractivity contribution >= 4 is 5.97 Å². The normalized spacial score (nSPS) is 15.1. The molecular weight excluding hydrogens is 256 g/mol. The highest BCUT2D eigenvalue weighted by molar-refractivity contribution is 5.67. The molecule has 3 atom stereocenters. The Labute approximate surface area is 114 Å². The van der Waals surface area contributed by atoms with E-state index < -0.39 is 12.1 Å². The molecule has 0 radical (unpaired) electrons. The van der Waals surface area contributed by atoms with Crippen LogP contribution in [0.2, 0.25) is 0 Å². The van der Waals surface area contributed by atoms with Gasteiger partial charge in [-0.1, -0.05) is 0 Å². The van der Waals surface area contributed by atoms with Gasteiger partial charge in [0.15, 0.2) is 0 Å². The second-order valence-electron chi connectivity index (χ2n) is 4.15. The topological polar surface area (TPSA) is 105 Å². The molecule has 0 aromatic heterocycles. The van der Waals surface area contributed by atoms with Crippen LogP contribution in [-0.2, 0) is 19.0 Å². The van der Waals surface area contributed by atoms with E-state index in [0.29, 0.717) is 13.2 Å². The van der Waals surface area contributed by atoms with Crippen molar-refractivity contribution in [2.75, 3.05) is 33.5 Å². The third-order valence-corrected chi connectivity index (χ3v) is 1.76. The van der Waals surface area contributed by atoms with Crippen molar-refractivity contribution in [3.05, 3.63) is 0 Å². The third kappa shape index (κ3) is 19.8. The minimum atomic E-state index is -0.933. The Kier molecular flexibility index (Phi) is 14.8. The van der Waals surface area contributed by atoms with Crippen LogP contribution in [0.25, 0.3) is 0 Å². The van der Waals surface area contributed by atoms with Crippen molar-refractivity contribution in [1.82, 2.24) is 0 Å². The number of hydrogen-bond donors (Lipinski definition) is 3. The molecule has 7 heteroatoms. The number of carbonyl (C=O) groups is 1. The van der Waals surface area contributed by atoms with Crippen molar-refractivity contribution in [3.8, 4) is 0 Å². The van der Waals surface area contributed by atoms with Crippen molar-refractivity contribution in [1.29, 1.82) is 0 Å². The fraction of sp³-hybridized carbons (Fsp3) is 0.917. The minimum Gasteiger partial charge on any atom is -0.480 e. The minimum absolute atomic E-state index is 0.0170. The van der Waals surface area contributed by atoms with Crippen LogP contribution >= 0.6 is 0 Å². The lowest BCUT2D eigenvalue weighted by Gasteiger charge is -2.16. The third-order valence-electron chi connectivity index (χ3n) is 1.76. The molecule has 0 aromatic rings. The zero-order valence-electron chi connectivity index (χ0n) is 12.0. The van der Waals surface area contributed by atoms with Crippen molar-refractivity contribution in [3.63, 3.8) is 0 Å². The summed E-state index contributed by atoms with van der Waals surface area (Å²) in [5.41, 5.74) is 0. The number of carboxylic acids is 1. The number of ether oxygens (including phenoxy) is 3. The van der Waals surface area contributed by atoms with E-state index in [1.54, 1.807) is 13.8 Å². The summed E-state index contributed by atoms with van der Waals surface area (Å²) in [5, 5.41) is 25.4. The molecule has 3 N–H and O–H groups in total.